The van der Waals surface area contributed by atoms with Crippen molar-refractivity contribution in [3.05, 3.63) is 0 Å². The van der Waals surface area contributed by atoms with Crippen LogP contribution in [0.1, 0.15) is 38.5 Å². The van der Waals surface area contributed by atoms with Gasteiger partial charge in [-0.3, -0.25) is 0 Å². The van der Waals surface area contributed by atoms with Crippen molar-refractivity contribution in [3.63, 3.8) is 0 Å². The Labute approximate surface area is 93.5 Å². The minimum atomic E-state index is 0.358. The lowest BCUT2D eigenvalue weighted by atomic mass is 9.79. The van der Waals surface area contributed by atoms with Crippen molar-refractivity contribution in [1.82, 2.24) is 5.32 Å². The van der Waals surface area contributed by atoms with Gasteiger partial charge in [0.05, 0.1) is 0 Å². The molecule has 15 heavy (non-hydrogen) atoms. The van der Waals surface area contributed by atoms with Crippen molar-refractivity contribution in [2.75, 3.05) is 19.7 Å². The van der Waals surface area contributed by atoms with Gasteiger partial charge >= 0.3 is 0 Å². The third-order valence-electron chi connectivity index (χ3n) is 3.38. The number of aliphatic hydroxyl groups is 1. The van der Waals surface area contributed by atoms with Crippen LogP contribution in [-0.2, 0) is 0 Å². The van der Waals surface area contributed by atoms with E-state index < -0.39 is 0 Å². The maximum atomic E-state index is 9.25. The first kappa shape index (κ1) is 12.5. The predicted molar refractivity (Wildman–Crippen MR) is 63.5 cm³/mol. The molecule has 0 bridgehead atoms. The third-order valence-corrected chi connectivity index (χ3v) is 3.38. The first-order chi connectivity index (χ1) is 7.38. The van der Waals surface area contributed by atoms with E-state index in [-0.39, 0.29) is 0 Å². The molecule has 0 aliphatic heterocycles. The van der Waals surface area contributed by atoms with Crippen molar-refractivity contribution in [2.45, 2.75) is 38.5 Å². The molecule has 0 saturated heterocycles. The largest absolute Gasteiger partial charge is 0.396 e. The molecule has 2 unspecified atom stereocenters. The highest BCUT2D eigenvalue weighted by Crippen LogP contribution is 2.28. The predicted octanol–water partition coefficient (Wildman–Crippen LogP) is 1.79. The molecule has 2 nitrogen and oxygen atoms in total. The summed E-state index contributed by atoms with van der Waals surface area (Å²) in [5.41, 5.74) is 0. The normalized spacial score (nSPS) is 26.1. The fourth-order valence-corrected chi connectivity index (χ4v) is 2.40. The Morgan fingerprint density at radius 1 is 1.27 bits per heavy atom. The van der Waals surface area contributed by atoms with Crippen LogP contribution in [0.25, 0.3) is 0 Å². The number of terminal acetylenes is 1. The molecule has 2 N–H and O–H groups in total. The zero-order valence-corrected chi connectivity index (χ0v) is 9.54. The second-order valence-electron chi connectivity index (χ2n) is 4.50. The Morgan fingerprint density at radius 3 is 2.67 bits per heavy atom. The third kappa shape index (κ3) is 4.68. The highest BCUT2D eigenvalue weighted by atomic mass is 16.3. The van der Waals surface area contributed by atoms with E-state index in [0.29, 0.717) is 18.4 Å². The van der Waals surface area contributed by atoms with Gasteiger partial charge in [0, 0.05) is 13.0 Å². The lowest BCUT2D eigenvalue weighted by molar-refractivity contribution is 0.133. The van der Waals surface area contributed by atoms with Crippen LogP contribution in [-0.4, -0.2) is 24.8 Å². The summed E-state index contributed by atoms with van der Waals surface area (Å²) in [6.45, 7) is 2.42. The zero-order valence-electron chi connectivity index (χ0n) is 9.54. The van der Waals surface area contributed by atoms with E-state index in [1.54, 1.807) is 0 Å². The van der Waals surface area contributed by atoms with Gasteiger partial charge in [-0.25, -0.2) is 0 Å². The van der Waals surface area contributed by atoms with Crippen LogP contribution in [0.3, 0.4) is 0 Å². The maximum absolute atomic E-state index is 9.25. The van der Waals surface area contributed by atoms with Crippen LogP contribution in [0.2, 0.25) is 0 Å². The average Bonchev–Trinajstić information content (AvgIpc) is 2.29. The molecule has 1 fully saturated rings. The first-order valence-electron chi connectivity index (χ1n) is 6.13. The standard InChI is InChI=1S/C13H23NO/c1-2-3-6-9-14-10-12-7-4-5-8-13(12)11-15/h1,12-15H,3-11H2. The monoisotopic (exact) mass is 209 g/mol. The van der Waals surface area contributed by atoms with Crippen molar-refractivity contribution in [2.24, 2.45) is 11.8 Å². The summed E-state index contributed by atoms with van der Waals surface area (Å²) < 4.78 is 0. The maximum Gasteiger partial charge on any atom is 0.0462 e. The van der Waals surface area contributed by atoms with E-state index in [2.05, 4.69) is 11.2 Å². The number of aliphatic hydroxyl groups excluding tert-OH is 1. The first-order valence-corrected chi connectivity index (χ1v) is 6.13. The molecule has 1 aliphatic rings. The lowest BCUT2D eigenvalue weighted by Crippen LogP contribution is -2.32. The van der Waals surface area contributed by atoms with Crippen LogP contribution in [0.4, 0.5) is 0 Å². The van der Waals surface area contributed by atoms with E-state index >= 15 is 0 Å². The second kappa shape index (κ2) is 7.73. The molecule has 0 aromatic rings. The van der Waals surface area contributed by atoms with Gasteiger partial charge < -0.3 is 10.4 Å². The van der Waals surface area contributed by atoms with E-state index in [0.717, 1.165) is 25.9 Å². The Kier molecular flexibility index (Phi) is 6.47. The minimum absolute atomic E-state index is 0.358. The summed E-state index contributed by atoms with van der Waals surface area (Å²) in [5, 5.41) is 12.7. The Balaban J connectivity index is 2.10. The molecule has 1 saturated carbocycles. The van der Waals surface area contributed by atoms with Crippen molar-refractivity contribution < 1.29 is 5.11 Å². The van der Waals surface area contributed by atoms with Crippen molar-refractivity contribution in [3.8, 4) is 12.3 Å². The molecule has 0 aromatic heterocycles. The minimum Gasteiger partial charge on any atom is -0.396 e. The average molecular weight is 209 g/mol. The molecule has 86 valence electrons. The van der Waals surface area contributed by atoms with Gasteiger partial charge in [0.15, 0.2) is 0 Å². The smallest absolute Gasteiger partial charge is 0.0462 e. The Hall–Kier alpha value is -0.520. The summed E-state index contributed by atoms with van der Waals surface area (Å²) in [6.07, 6.45) is 12.2. The summed E-state index contributed by atoms with van der Waals surface area (Å²) in [5.74, 6) is 3.85. The van der Waals surface area contributed by atoms with E-state index in [9.17, 15) is 5.11 Å². The van der Waals surface area contributed by atoms with Gasteiger partial charge in [-0.1, -0.05) is 12.8 Å². The topological polar surface area (TPSA) is 32.3 Å². The summed E-state index contributed by atoms with van der Waals surface area (Å²) in [7, 11) is 0. The Bertz CT molecular complexity index is 197. The summed E-state index contributed by atoms with van der Waals surface area (Å²) >= 11 is 0. The van der Waals surface area contributed by atoms with Crippen LogP contribution < -0.4 is 5.32 Å². The van der Waals surface area contributed by atoms with Gasteiger partial charge in [0.25, 0.3) is 0 Å². The highest BCUT2D eigenvalue weighted by Gasteiger charge is 2.23. The number of unbranched alkanes of at least 4 members (excludes halogenated alkanes) is 1. The van der Waals surface area contributed by atoms with Crippen LogP contribution in [0, 0.1) is 24.2 Å². The quantitative estimate of drug-likeness (QED) is 0.516. The SMILES string of the molecule is C#CCCCNCC1CCCCC1CO. The van der Waals surface area contributed by atoms with Crippen LogP contribution >= 0.6 is 0 Å². The summed E-state index contributed by atoms with van der Waals surface area (Å²) in [6, 6.07) is 0. The molecule has 2 heteroatoms. The highest BCUT2D eigenvalue weighted by molar-refractivity contribution is 4.83. The van der Waals surface area contributed by atoms with Gasteiger partial charge in [0.1, 0.15) is 0 Å². The lowest BCUT2D eigenvalue weighted by Gasteiger charge is -2.30. The van der Waals surface area contributed by atoms with Gasteiger partial charge in [-0.2, -0.15) is 0 Å². The molecule has 1 aliphatic carbocycles. The molecule has 1 rings (SSSR count). The molecular formula is C13H23NO. The van der Waals surface area contributed by atoms with Gasteiger partial charge in [-0.15, -0.1) is 12.3 Å². The van der Waals surface area contributed by atoms with Crippen molar-refractivity contribution in [1.29, 1.82) is 0 Å². The molecule has 0 aromatic carbocycles. The van der Waals surface area contributed by atoms with E-state index in [4.69, 9.17) is 6.42 Å². The fraction of sp³-hybridized carbons (Fsp3) is 0.846. The van der Waals surface area contributed by atoms with E-state index in [1.807, 2.05) is 0 Å². The molecule has 0 heterocycles. The molecule has 0 radical (unpaired) electrons. The molecule has 0 amide bonds. The van der Waals surface area contributed by atoms with Crippen LogP contribution in [0.15, 0.2) is 0 Å². The summed E-state index contributed by atoms with van der Waals surface area (Å²) in [4.78, 5) is 0. The molecular weight excluding hydrogens is 186 g/mol. The van der Waals surface area contributed by atoms with Gasteiger partial charge in [0.2, 0.25) is 0 Å². The second-order valence-corrected chi connectivity index (χ2v) is 4.50. The number of rotatable bonds is 6. The number of hydrogen-bond donors (Lipinski definition) is 2. The van der Waals surface area contributed by atoms with Crippen molar-refractivity contribution >= 4 is 0 Å². The number of nitrogens with one attached hydrogen (secondary N) is 1. The Morgan fingerprint density at radius 2 is 2.00 bits per heavy atom. The van der Waals surface area contributed by atoms with Gasteiger partial charge in [-0.05, 0) is 44.2 Å². The molecule has 2 atom stereocenters. The molecule has 0 spiro atoms. The number of hydrogen-bond acceptors (Lipinski definition) is 2. The zero-order chi connectivity index (χ0) is 10.9. The van der Waals surface area contributed by atoms with E-state index in [1.165, 1.54) is 25.7 Å². The fourth-order valence-electron chi connectivity index (χ4n) is 2.40. The van der Waals surface area contributed by atoms with Crippen LogP contribution in [0.5, 0.6) is 0 Å².